The van der Waals surface area contributed by atoms with Gasteiger partial charge in [0.1, 0.15) is 21.7 Å². The van der Waals surface area contributed by atoms with Crippen LogP contribution in [0.4, 0.5) is 4.39 Å². The number of ketones is 1. The Hall–Kier alpha value is -0.890. The van der Waals surface area contributed by atoms with Crippen LogP contribution in [0.2, 0.25) is 0 Å². The van der Waals surface area contributed by atoms with Gasteiger partial charge in [0.25, 0.3) is 0 Å². The minimum Gasteiger partial charge on any atom is -0.493 e. The summed E-state index contributed by atoms with van der Waals surface area (Å²) >= 11 is 12.3. The Kier molecular flexibility index (Phi) is 6.37. The fourth-order valence-corrected chi connectivity index (χ4v) is 5.92. The van der Waals surface area contributed by atoms with E-state index in [9.17, 15) is 17.6 Å². The van der Waals surface area contributed by atoms with Gasteiger partial charge < -0.3 is 4.74 Å². The zero-order valence-electron chi connectivity index (χ0n) is 16.7. The van der Waals surface area contributed by atoms with Gasteiger partial charge in [0, 0.05) is 19.2 Å². The van der Waals surface area contributed by atoms with E-state index < -0.39 is 31.7 Å². The van der Waals surface area contributed by atoms with Gasteiger partial charge in [-0.2, -0.15) is 0 Å². The van der Waals surface area contributed by atoms with Crippen LogP contribution in [0.25, 0.3) is 0 Å². The molecule has 0 bridgehead atoms. The highest BCUT2D eigenvalue weighted by Gasteiger charge is 2.34. The standard InChI is InChI=1S/C21H26Cl2FNO4S/c22-21(23)6-4-14(5-7-21)12-29-20-11-18(24)17(10-16(20)15-2-3-15)19(26)13-30(27,28)25-8-1-9-25/h10-11,14-15H,1-9,12-13H2. The molecule has 0 unspecified atom stereocenters. The maximum atomic E-state index is 14.8. The van der Waals surface area contributed by atoms with Gasteiger partial charge in [-0.3, -0.25) is 4.79 Å². The van der Waals surface area contributed by atoms with Gasteiger partial charge in [-0.25, -0.2) is 17.1 Å². The van der Waals surface area contributed by atoms with Gasteiger partial charge in [0.15, 0.2) is 5.78 Å². The number of ether oxygens (including phenoxy) is 1. The quantitative estimate of drug-likeness (QED) is 0.403. The van der Waals surface area contributed by atoms with Gasteiger partial charge in [0.2, 0.25) is 10.0 Å². The highest BCUT2D eigenvalue weighted by Crippen LogP contribution is 2.46. The first-order valence-electron chi connectivity index (χ1n) is 10.5. The number of alkyl halides is 2. The molecule has 5 nitrogen and oxygen atoms in total. The summed E-state index contributed by atoms with van der Waals surface area (Å²) in [4.78, 5) is 12.6. The molecule has 4 rings (SSSR count). The van der Waals surface area contributed by atoms with Crippen LogP contribution in [0, 0.1) is 11.7 Å². The van der Waals surface area contributed by atoms with Gasteiger partial charge in [-0.05, 0) is 68.4 Å². The first-order valence-corrected chi connectivity index (χ1v) is 12.9. The van der Waals surface area contributed by atoms with Crippen LogP contribution >= 0.6 is 23.2 Å². The largest absolute Gasteiger partial charge is 0.493 e. The van der Waals surface area contributed by atoms with Gasteiger partial charge in [0.05, 0.1) is 12.2 Å². The van der Waals surface area contributed by atoms with Crippen LogP contribution in [0.5, 0.6) is 5.75 Å². The lowest BCUT2D eigenvalue weighted by Crippen LogP contribution is -2.44. The van der Waals surface area contributed by atoms with Crippen molar-refractivity contribution in [3.05, 3.63) is 29.1 Å². The number of carbonyl (C=O) groups is 1. The van der Waals surface area contributed by atoms with Gasteiger partial charge >= 0.3 is 0 Å². The molecule has 0 atom stereocenters. The van der Waals surface area contributed by atoms with E-state index in [0.717, 1.165) is 37.7 Å². The molecule has 30 heavy (non-hydrogen) atoms. The molecule has 3 aliphatic rings. The molecule has 1 saturated heterocycles. The number of sulfonamides is 1. The predicted octanol–water partition coefficient (Wildman–Crippen LogP) is 4.66. The molecule has 9 heteroatoms. The molecule has 2 saturated carbocycles. The highest BCUT2D eigenvalue weighted by atomic mass is 35.5. The summed E-state index contributed by atoms with van der Waals surface area (Å²) in [6.45, 7) is 1.29. The second kappa shape index (κ2) is 8.57. The average molecular weight is 478 g/mol. The van der Waals surface area contributed by atoms with Crippen LogP contribution in [0.15, 0.2) is 12.1 Å². The van der Waals surface area contributed by atoms with Crippen molar-refractivity contribution >= 4 is 39.0 Å². The second-order valence-electron chi connectivity index (χ2n) is 8.69. The third-order valence-corrected chi connectivity index (χ3v) is 8.79. The van der Waals surface area contributed by atoms with Crippen LogP contribution in [0.1, 0.15) is 66.8 Å². The number of benzene rings is 1. The zero-order chi connectivity index (χ0) is 21.5. The molecule has 0 amide bonds. The molecule has 0 N–H and O–H groups in total. The number of rotatable bonds is 8. The number of halogens is 3. The Bertz CT molecular complexity index is 919. The maximum absolute atomic E-state index is 14.8. The fourth-order valence-electron chi connectivity index (χ4n) is 4.00. The van der Waals surface area contributed by atoms with E-state index in [1.165, 1.54) is 16.4 Å². The molecule has 1 aliphatic heterocycles. The maximum Gasteiger partial charge on any atom is 0.221 e. The van der Waals surface area contributed by atoms with Crippen LogP contribution in [-0.2, 0) is 10.0 Å². The third kappa shape index (κ3) is 5.12. The smallest absolute Gasteiger partial charge is 0.221 e. The monoisotopic (exact) mass is 477 g/mol. The molecular formula is C21H26Cl2FNO4S. The van der Waals surface area contributed by atoms with Crippen molar-refractivity contribution in [3.8, 4) is 5.75 Å². The van der Waals surface area contributed by atoms with Crippen molar-refractivity contribution in [2.24, 2.45) is 5.92 Å². The number of hydrogen-bond donors (Lipinski definition) is 0. The lowest BCUT2D eigenvalue weighted by molar-refractivity contribution is 0.101. The van der Waals surface area contributed by atoms with Crippen molar-refractivity contribution in [2.75, 3.05) is 25.4 Å². The van der Waals surface area contributed by atoms with Crippen LogP contribution in [-0.4, -0.2) is 48.3 Å². The third-order valence-electron chi connectivity index (χ3n) is 6.25. The summed E-state index contributed by atoms with van der Waals surface area (Å²) in [5.74, 6) is -1.17. The summed E-state index contributed by atoms with van der Waals surface area (Å²) in [5.41, 5.74) is 0.626. The van der Waals surface area contributed by atoms with Crippen LogP contribution < -0.4 is 4.74 Å². The molecule has 166 valence electrons. The topological polar surface area (TPSA) is 63.7 Å². The van der Waals surface area contributed by atoms with E-state index in [1.807, 2.05) is 0 Å². The zero-order valence-corrected chi connectivity index (χ0v) is 19.0. The minimum atomic E-state index is -3.69. The predicted molar refractivity (Wildman–Crippen MR) is 115 cm³/mol. The molecule has 0 aromatic heterocycles. The van der Waals surface area contributed by atoms with E-state index in [-0.39, 0.29) is 11.5 Å². The van der Waals surface area contributed by atoms with Crippen molar-refractivity contribution in [1.82, 2.24) is 4.31 Å². The average Bonchev–Trinajstić information content (AvgIpc) is 3.43. The molecule has 2 aliphatic carbocycles. The molecule has 1 aromatic rings. The molecule has 0 radical (unpaired) electrons. The molecule has 3 fully saturated rings. The fraction of sp³-hybridized carbons (Fsp3) is 0.667. The van der Waals surface area contributed by atoms with E-state index >= 15 is 0 Å². The first-order chi connectivity index (χ1) is 14.1. The van der Waals surface area contributed by atoms with Gasteiger partial charge in [-0.15, -0.1) is 23.2 Å². The molecule has 0 spiro atoms. The Balaban J connectivity index is 1.46. The number of nitrogens with zero attached hydrogens (tertiary/aromatic N) is 1. The number of hydrogen-bond acceptors (Lipinski definition) is 4. The van der Waals surface area contributed by atoms with E-state index in [0.29, 0.717) is 44.2 Å². The summed E-state index contributed by atoms with van der Waals surface area (Å²) < 4.78 is 45.9. The van der Waals surface area contributed by atoms with Crippen molar-refractivity contribution < 1.29 is 22.3 Å². The van der Waals surface area contributed by atoms with E-state index in [4.69, 9.17) is 27.9 Å². The van der Waals surface area contributed by atoms with Gasteiger partial charge in [-0.1, -0.05) is 0 Å². The molecule has 1 aromatic carbocycles. The van der Waals surface area contributed by atoms with E-state index in [1.54, 1.807) is 0 Å². The van der Waals surface area contributed by atoms with Crippen molar-refractivity contribution in [3.63, 3.8) is 0 Å². The summed E-state index contributed by atoms with van der Waals surface area (Å²) in [6, 6.07) is 2.74. The number of carbonyl (C=O) groups excluding carboxylic acids is 1. The molecular weight excluding hydrogens is 452 g/mol. The van der Waals surface area contributed by atoms with Crippen molar-refractivity contribution in [1.29, 1.82) is 0 Å². The lowest BCUT2D eigenvalue weighted by atomic mass is 9.89. The van der Waals surface area contributed by atoms with Crippen LogP contribution in [0.3, 0.4) is 0 Å². The Morgan fingerprint density at radius 1 is 1.17 bits per heavy atom. The Labute approximate surface area is 186 Å². The Morgan fingerprint density at radius 3 is 2.40 bits per heavy atom. The first kappa shape index (κ1) is 22.3. The lowest BCUT2D eigenvalue weighted by Gasteiger charge is -2.30. The summed E-state index contributed by atoms with van der Waals surface area (Å²) in [5, 5.41) is 0. The second-order valence-corrected chi connectivity index (χ2v) is 12.3. The van der Waals surface area contributed by atoms with Crippen molar-refractivity contribution in [2.45, 2.75) is 55.2 Å². The number of Topliss-reactive ketones (excluding diaryl/α,β-unsaturated/α-hetero) is 1. The van der Waals surface area contributed by atoms with E-state index in [2.05, 4.69) is 0 Å². The summed E-state index contributed by atoms with van der Waals surface area (Å²) in [7, 11) is -3.69. The minimum absolute atomic E-state index is 0.167. The molecule has 1 heterocycles. The normalized spacial score (nSPS) is 22.5. The summed E-state index contributed by atoms with van der Waals surface area (Å²) in [6.07, 6.45) is 5.79. The SMILES string of the molecule is O=C(CS(=O)(=O)N1CCC1)c1cc(C2CC2)c(OCC2CCC(Cl)(Cl)CC2)cc1F. The Morgan fingerprint density at radius 2 is 1.83 bits per heavy atom. The highest BCUT2D eigenvalue weighted by molar-refractivity contribution is 7.89.